The first-order valence-electron chi connectivity index (χ1n) is 4.99. The van der Waals surface area contributed by atoms with Crippen molar-refractivity contribution in [1.82, 2.24) is 4.98 Å². The van der Waals surface area contributed by atoms with E-state index in [2.05, 4.69) is 16.2 Å². The minimum absolute atomic E-state index is 0.154. The van der Waals surface area contributed by atoms with Crippen LogP contribution in [0, 0.1) is 19.3 Å². The minimum atomic E-state index is -0.154. The van der Waals surface area contributed by atoms with Crippen molar-refractivity contribution < 1.29 is 4.79 Å². The molecule has 4 heteroatoms. The van der Waals surface area contributed by atoms with Crippen LogP contribution in [0.25, 0.3) is 0 Å². The first kappa shape index (κ1) is 11.4. The van der Waals surface area contributed by atoms with Gasteiger partial charge in [-0.2, -0.15) is 0 Å². The van der Waals surface area contributed by atoms with Gasteiger partial charge in [0.2, 0.25) is 0 Å². The highest BCUT2D eigenvalue weighted by molar-refractivity contribution is 7.12. The van der Waals surface area contributed by atoms with Gasteiger partial charge in [0, 0.05) is 11.3 Å². The van der Waals surface area contributed by atoms with Gasteiger partial charge in [0.25, 0.3) is 5.91 Å². The van der Waals surface area contributed by atoms with Gasteiger partial charge in [0.15, 0.2) is 0 Å². The van der Waals surface area contributed by atoms with Gasteiger partial charge in [-0.05, 0) is 25.1 Å². The van der Waals surface area contributed by atoms with E-state index in [0.29, 0.717) is 10.6 Å². The van der Waals surface area contributed by atoms with Gasteiger partial charge in [0.1, 0.15) is 4.88 Å². The number of nitrogens with zero attached hydrogens (tertiary/aromatic N) is 1. The molecule has 0 saturated carbocycles. The van der Waals surface area contributed by atoms with Gasteiger partial charge < -0.3 is 5.32 Å². The Hall–Kier alpha value is -2.12. The van der Waals surface area contributed by atoms with Crippen LogP contribution in [0.5, 0.6) is 0 Å². The number of nitrogens with one attached hydrogen (secondary N) is 1. The van der Waals surface area contributed by atoms with Crippen LogP contribution < -0.4 is 5.32 Å². The number of terminal acetylenes is 1. The topological polar surface area (TPSA) is 42.0 Å². The van der Waals surface area contributed by atoms with E-state index in [1.807, 2.05) is 19.1 Å². The third kappa shape index (κ3) is 2.52. The van der Waals surface area contributed by atoms with E-state index in [1.165, 1.54) is 11.3 Å². The Morgan fingerprint density at radius 2 is 2.35 bits per heavy atom. The molecule has 1 N–H and O–H groups in total. The van der Waals surface area contributed by atoms with Crippen LogP contribution in [0.2, 0.25) is 0 Å². The predicted octanol–water partition coefficient (Wildman–Crippen LogP) is 2.69. The fourth-order valence-corrected chi connectivity index (χ4v) is 2.09. The van der Waals surface area contributed by atoms with Crippen molar-refractivity contribution in [2.24, 2.45) is 0 Å². The predicted molar refractivity (Wildman–Crippen MR) is 69.2 cm³/mol. The summed E-state index contributed by atoms with van der Waals surface area (Å²) in [6.07, 6.45) is 5.30. The average Bonchev–Trinajstić information content (AvgIpc) is 2.76. The molecule has 0 saturated heterocycles. The van der Waals surface area contributed by atoms with Crippen molar-refractivity contribution in [3.63, 3.8) is 0 Å². The first-order valence-corrected chi connectivity index (χ1v) is 5.87. The number of hydrogen-bond acceptors (Lipinski definition) is 3. The van der Waals surface area contributed by atoms with Crippen molar-refractivity contribution in [3.05, 3.63) is 45.9 Å². The lowest BCUT2D eigenvalue weighted by Gasteiger charge is -2.04. The molecule has 3 nitrogen and oxygen atoms in total. The van der Waals surface area contributed by atoms with Gasteiger partial charge in [-0.1, -0.05) is 12.0 Å². The molecule has 0 unspecified atom stereocenters. The summed E-state index contributed by atoms with van der Waals surface area (Å²) < 4.78 is 0. The molecule has 1 aromatic heterocycles. The number of aromatic nitrogens is 1. The maximum atomic E-state index is 11.9. The Balaban J connectivity index is 2.19. The maximum Gasteiger partial charge on any atom is 0.267 e. The number of carbonyl (C=O) groups is 1. The Bertz CT molecular complexity index is 595. The summed E-state index contributed by atoms with van der Waals surface area (Å²) in [6.45, 7) is 1.81. The minimum Gasteiger partial charge on any atom is -0.321 e. The molecule has 1 heterocycles. The van der Waals surface area contributed by atoms with Crippen LogP contribution in [0.4, 0.5) is 5.69 Å². The highest BCUT2D eigenvalue weighted by Crippen LogP contribution is 2.16. The lowest BCUT2D eigenvalue weighted by molar-refractivity contribution is 0.103. The zero-order valence-corrected chi connectivity index (χ0v) is 10.0. The molecule has 1 aromatic carbocycles. The molecule has 2 rings (SSSR count). The van der Waals surface area contributed by atoms with E-state index in [9.17, 15) is 4.79 Å². The zero-order valence-electron chi connectivity index (χ0n) is 9.23. The fourth-order valence-electron chi connectivity index (χ4n) is 1.39. The molecule has 0 aliphatic carbocycles. The van der Waals surface area contributed by atoms with Gasteiger partial charge in [0.05, 0.1) is 11.2 Å². The quantitative estimate of drug-likeness (QED) is 0.823. The number of rotatable bonds is 2. The summed E-state index contributed by atoms with van der Waals surface area (Å²) in [5.41, 5.74) is 3.82. The molecule has 84 valence electrons. The Morgan fingerprint density at radius 1 is 1.53 bits per heavy atom. The Morgan fingerprint density at radius 3 is 3.00 bits per heavy atom. The Kier molecular flexibility index (Phi) is 3.22. The van der Waals surface area contributed by atoms with E-state index >= 15 is 0 Å². The second-order valence-corrected chi connectivity index (χ2v) is 4.30. The standard InChI is InChI=1S/C13H10N2OS/c1-3-10-5-4-6-11(7-10)15-13(16)12-9(2)14-8-17-12/h1,4-8H,2H3,(H,15,16). The molecule has 2 aromatic rings. The van der Waals surface area contributed by atoms with Crippen LogP contribution in [-0.2, 0) is 0 Å². The maximum absolute atomic E-state index is 11.9. The second kappa shape index (κ2) is 4.81. The third-order valence-corrected chi connectivity index (χ3v) is 3.17. The Labute approximate surface area is 104 Å². The molecule has 17 heavy (non-hydrogen) atoms. The monoisotopic (exact) mass is 242 g/mol. The van der Waals surface area contributed by atoms with Crippen molar-refractivity contribution in [2.75, 3.05) is 5.32 Å². The number of anilines is 1. The number of amides is 1. The molecule has 0 spiro atoms. The molecule has 0 radical (unpaired) electrons. The lowest BCUT2D eigenvalue weighted by atomic mass is 10.2. The summed E-state index contributed by atoms with van der Waals surface area (Å²) in [6, 6.07) is 7.18. The molecule has 0 aliphatic heterocycles. The fraction of sp³-hybridized carbons (Fsp3) is 0.0769. The summed E-state index contributed by atoms with van der Waals surface area (Å²) in [7, 11) is 0. The van der Waals surface area contributed by atoms with E-state index in [-0.39, 0.29) is 5.91 Å². The molecule has 0 atom stereocenters. The lowest BCUT2D eigenvalue weighted by Crippen LogP contribution is -2.11. The SMILES string of the molecule is C#Cc1cccc(NC(=O)c2scnc2C)c1. The number of hydrogen-bond donors (Lipinski definition) is 1. The van der Waals surface area contributed by atoms with E-state index in [0.717, 1.165) is 11.3 Å². The summed E-state index contributed by atoms with van der Waals surface area (Å²) >= 11 is 1.32. The van der Waals surface area contributed by atoms with Gasteiger partial charge in [-0.15, -0.1) is 17.8 Å². The number of aryl methyl sites for hydroxylation is 1. The van der Waals surface area contributed by atoms with Crippen LogP contribution in [0.3, 0.4) is 0 Å². The second-order valence-electron chi connectivity index (χ2n) is 3.45. The first-order chi connectivity index (χ1) is 8.20. The zero-order chi connectivity index (χ0) is 12.3. The van der Waals surface area contributed by atoms with Gasteiger partial charge in [-0.25, -0.2) is 4.98 Å². The van der Waals surface area contributed by atoms with Crippen LogP contribution in [0.15, 0.2) is 29.8 Å². The number of benzene rings is 1. The highest BCUT2D eigenvalue weighted by Gasteiger charge is 2.11. The third-order valence-electron chi connectivity index (χ3n) is 2.24. The van der Waals surface area contributed by atoms with Crippen LogP contribution in [-0.4, -0.2) is 10.9 Å². The van der Waals surface area contributed by atoms with E-state index in [1.54, 1.807) is 17.6 Å². The normalized spacial score (nSPS) is 9.65. The van der Waals surface area contributed by atoms with Crippen molar-refractivity contribution >= 4 is 22.9 Å². The number of carbonyl (C=O) groups excluding carboxylic acids is 1. The molecule has 0 bridgehead atoms. The van der Waals surface area contributed by atoms with Crippen LogP contribution in [0.1, 0.15) is 20.9 Å². The molecule has 0 aliphatic rings. The molecular weight excluding hydrogens is 232 g/mol. The molecule has 1 amide bonds. The van der Waals surface area contributed by atoms with Gasteiger partial charge >= 0.3 is 0 Å². The highest BCUT2D eigenvalue weighted by atomic mass is 32.1. The van der Waals surface area contributed by atoms with Crippen molar-refractivity contribution in [3.8, 4) is 12.3 Å². The van der Waals surface area contributed by atoms with Gasteiger partial charge in [-0.3, -0.25) is 4.79 Å². The van der Waals surface area contributed by atoms with Crippen molar-refractivity contribution in [1.29, 1.82) is 0 Å². The number of thiazole rings is 1. The summed E-state index contributed by atoms with van der Waals surface area (Å²) in [4.78, 5) is 16.6. The average molecular weight is 242 g/mol. The van der Waals surface area contributed by atoms with E-state index < -0.39 is 0 Å². The molecular formula is C13H10N2OS. The largest absolute Gasteiger partial charge is 0.321 e. The van der Waals surface area contributed by atoms with E-state index in [4.69, 9.17) is 6.42 Å². The molecule has 0 fully saturated rings. The smallest absolute Gasteiger partial charge is 0.267 e. The summed E-state index contributed by atoms with van der Waals surface area (Å²) in [5, 5.41) is 2.80. The summed E-state index contributed by atoms with van der Waals surface area (Å²) in [5.74, 6) is 2.37. The van der Waals surface area contributed by atoms with Crippen LogP contribution >= 0.6 is 11.3 Å². The van der Waals surface area contributed by atoms with Crippen molar-refractivity contribution in [2.45, 2.75) is 6.92 Å².